The van der Waals surface area contributed by atoms with Crippen LogP contribution in [0.1, 0.15) is 37.3 Å². The first-order valence-electron chi connectivity index (χ1n) is 6.30. The predicted octanol–water partition coefficient (Wildman–Crippen LogP) is 3.23. The van der Waals surface area contributed by atoms with Crippen molar-refractivity contribution in [3.63, 3.8) is 0 Å². The first-order valence-corrected chi connectivity index (χ1v) is 7.09. The molecule has 19 heavy (non-hydrogen) atoms. The van der Waals surface area contributed by atoms with Crippen LogP contribution in [0.3, 0.4) is 0 Å². The van der Waals surface area contributed by atoms with E-state index in [2.05, 4.69) is 15.9 Å². The third-order valence-electron chi connectivity index (χ3n) is 3.97. The highest BCUT2D eigenvalue weighted by Crippen LogP contribution is 2.53. The lowest BCUT2D eigenvalue weighted by atomic mass is 9.64. The minimum Gasteiger partial charge on any atom is -0.504 e. The van der Waals surface area contributed by atoms with Crippen molar-refractivity contribution in [3.8, 4) is 11.5 Å². The Kier molecular flexibility index (Phi) is 3.76. The van der Waals surface area contributed by atoms with Crippen molar-refractivity contribution >= 4 is 21.9 Å². The van der Waals surface area contributed by atoms with Gasteiger partial charge in [-0.15, -0.1) is 0 Å². The maximum Gasteiger partial charge on any atom is 0.314 e. The van der Waals surface area contributed by atoms with E-state index in [9.17, 15) is 15.0 Å². The Balaban J connectivity index is 2.71. The number of aromatic hydroxyl groups is 1. The average molecular weight is 329 g/mol. The summed E-state index contributed by atoms with van der Waals surface area (Å²) < 4.78 is 5.85. The fourth-order valence-electron chi connectivity index (χ4n) is 2.63. The van der Waals surface area contributed by atoms with Crippen molar-refractivity contribution in [3.05, 3.63) is 21.7 Å². The van der Waals surface area contributed by atoms with Crippen LogP contribution in [0.5, 0.6) is 11.5 Å². The van der Waals surface area contributed by atoms with E-state index in [1.807, 2.05) is 6.92 Å². The molecule has 0 spiro atoms. The molecule has 0 unspecified atom stereocenters. The number of benzene rings is 1. The fourth-order valence-corrected chi connectivity index (χ4v) is 3.59. The minimum atomic E-state index is -0.985. The molecule has 1 aromatic carbocycles. The minimum absolute atomic E-state index is 0.0614. The van der Waals surface area contributed by atoms with Crippen molar-refractivity contribution in [1.82, 2.24) is 0 Å². The molecule has 0 heterocycles. The highest BCUT2D eigenvalue weighted by molar-refractivity contribution is 9.10. The van der Waals surface area contributed by atoms with E-state index in [-0.39, 0.29) is 5.75 Å². The molecule has 1 fully saturated rings. The monoisotopic (exact) mass is 328 g/mol. The van der Waals surface area contributed by atoms with Gasteiger partial charge in [-0.1, -0.05) is 29.3 Å². The van der Waals surface area contributed by atoms with E-state index in [0.29, 0.717) is 28.6 Å². The van der Waals surface area contributed by atoms with E-state index in [1.54, 1.807) is 6.07 Å². The molecule has 1 aromatic rings. The van der Waals surface area contributed by atoms with Gasteiger partial charge in [0.2, 0.25) is 0 Å². The zero-order valence-corrected chi connectivity index (χ0v) is 12.6. The molecule has 0 radical (unpaired) electrons. The van der Waals surface area contributed by atoms with Crippen LogP contribution in [-0.4, -0.2) is 23.3 Å². The number of halogens is 1. The number of carboxylic acid groups (broad SMARTS) is 1. The molecule has 0 bridgehead atoms. The van der Waals surface area contributed by atoms with Crippen LogP contribution in [0.4, 0.5) is 0 Å². The zero-order chi connectivity index (χ0) is 14.2. The van der Waals surface area contributed by atoms with Gasteiger partial charge in [0, 0.05) is 10.0 Å². The molecule has 0 atom stereocenters. The Hall–Kier alpha value is -1.23. The van der Waals surface area contributed by atoms with Gasteiger partial charge in [-0.2, -0.15) is 0 Å². The van der Waals surface area contributed by atoms with Crippen LogP contribution in [0.15, 0.2) is 10.5 Å². The number of carbonyl (C=O) groups is 1. The lowest BCUT2D eigenvalue weighted by Crippen LogP contribution is -2.42. The number of aliphatic carboxylic acids is 1. The largest absolute Gasteiger partial charge is 0.504 e. The Labute approximate surface area is 120 Å². The lowest BCUT2D eigenvalue weighted by Gasteiger charge is -2.39. The topological polar surface area (TPSA) is 66.8 Å². The number of aryl methyl sites for hydroxylation is 1. The Morgan fingerprint density at radius 1 is 1.53 bits per heavy atom. The molecule has 2 rings (SSSR count). The Morgan fingerprint density at radius 3 is 2.53 bits per heavy atom. The summed E-state index contributed by atoms with van der Waals surface area (Å²) in [6.07, 6.45) is 2.69. The highest BCUT2D eigenvalue weighted by Gasteiger charge is 2.49. The summed E-state index contributed by atoms with van der Waals surface area (Å²) in [5.41, 5.74) is 0.418. The first-order chi connectivity index (χ1) is 8.97. The van der Waals surface area contributed by atoms with Crippen LogP contribution in [0.2, 0.25) is 0 Å². The molecule has 2 N–H and O–H groups in total. The Morgan fingerprint density at radius 2 is 2.16 bits per heavy atom. The summed E-state index contributed by atoms with van der Waals surface area (Å²) in [6, 6.07) is 1.75. The van der Waals surface area contributed by atoms with Gasteiger partial charge < -0.3 is 14.9 Å². The summed E-state index contributed by atoms with van der Waals surface area (Å²) in [4.78, 5) is 11.6. The van der Waals surface area contributed by atoms with Crippen molar-refractivity contribution in [2.24, 2.45) is 0 Å². The number of carboxylic acids is 1. The highest BCUT2D eigenvalue weighted by atomic mass is 79.9. The number of hydrogen-bond acceptors (Lipinski definition) is 3. The maximum absolute atomic E-state index is 11.6. The maximum atomic E-state index is 11.6. The van der Waals surface area contributed by atoms with Crippen LogP contribution in [0, 0.1) is 0 Å². The fraction of sp³-hybridized carbons (Fsp3) is 0.500. The molecule has 1 aliphatic carbocycles. The summed E-state index contributed by atoms with van der Waals surface area (Å²) >= 11 is 3.46. The smallest absolute Gasteiger partial charge is 0.314 e. The van der Waals surface area contributed by atoms with Crippen molar-refractivity contribution in [1.29, 1.82) is 0 Å². The van der Waals surface area contributed by atoms with Crippen LogP contribution >= 0.6 is 15.9 Å². The van der Waals surface area contributed by atoms with E-state index in [4.69, 9.17) is 4.74 Å². The molecular formula is C14H17BrO4. The van der Waals surface area contributed by atoms with Crippen molar-refractivity contribution in [2.75, 3.05) is 7.11 Å². The third kappa shape index (κ3) is 2.00. The van der Waals surface area contributed by atoms with Gasteiger partial charge in [0.25, 0.3) is 0 Å². The Bertz CT molecular complexity index is 492. The second-order valence-electron chi connectivity index (χ2n) is 4.87. The lowest BCUT2D eigenvalue weighted by molar-refractivity contribution is -0.147. The summed E-state index contributed by atoms with van der Waals surface area (Å²) in [7, 11) is 1.47. The van der Waals surface area contributed by atoms with Gasteiger partial charge in [-0.25, -0.2) is 0 Å². The molecule has 1 saturated carbocycles. The SMILES string of the molecule is CCc1cc(OC)c(O)c(C2(C(=O)O)CCC2)c1Br. The van der Waals surface area contributed by atoms with E-state index in [0.717, 1.165) is 18.4 Å². The van der Waals surface area contributed by atoms with Gasteiger partial charge in [0.05, 0.1) is 12.5 Å². The zero-order valence-electron chi connectivity index (χ0n) is 11.0. The molecule has 4 nitrogen and oxygen atoms in total. The quantitative estimate of drug-likeness (QED) is 0.890. The second kappa shape index (κ2) is 5.04. The number of methoxy groups -OCH3 is 1. The molecule has 0 amide bonds. The first kappa shape index (κ1) is 14.2. The van der Waals surface area contributed by atoms with Crippen molar-refractivity contribution in [2.45, 2.75) is 38.0 Å². The number of hydrogen-bond donors (Lipinski definition) is 2. The van der Waals surface area contributed by atoms with E-state index < -0.39 is 11.4 Å². The van der Waals surface area contributed by atoms with Gasteiger partial charge in [0.15, 0.2) is 11.5 Å². The van der Waals surface area contributed by atoms with Crippen molar-refractivity contribution < 1.29 is 19.7 Å². The van der Waals surface area contributed by atoms with Crippen LogP contribution in [-0.2, 0) is 16.6 Å². The standard InChI is InChI=1S/C14H17BrO4/c1-3-8-7-9(19-2)12(16)10(11(8)15)14(13(17)18)5-4-6-14/h7,16H,3-6H2,1-2H3,(H,17,18). The summed E-state index contributed by atoms with van der Waals surface area (Å²) in [5, 5.41) is 19.9. The third-order valence-corrected chi connectivity index (χ3v) is 4.88. The van der Waals surface area contributed by atoms with E-state index in [1.165, 1.54) is 7.11 Å². The number of phenols is 1. The molecule has 0 aliphatic heterocycles. The van der Waals surface area contributed by atoms with Gasteiger partial charge in [-0.3, -0.25) is 4.79 Å². The molecule has 1 aliphatic rings. The molecule has 0 saturated heterocycles. The molecule has 104 valence electrons. The number of rotatable bonds is 4. The van der Waals surface area contributed by atoms with Gasteiger partial charge in [-0.05, 0) is 30.9 Å². The van der Waals surface area contributed by atoms with Gasteiger partial charge >= 0.3 is 5.97 Å². The summed E-state index contributed by atoms with van der Waals surface area (Å²) in [5.74, 6) is -0.610. The predicted molar refractivity (Wildman–Crippen MR) is 74.9 cm³/mol. The molecular weight excluding hydrogens is 312 g/mol. The second-order valence-corrected chi connectivity index (χ2v) is 5.66. The van der Waals surface area contributed by atoms with Gasteiger partial charge in [0.1, 0.15) is 0 Å². The van der Waals surface area contributed by atoms with Crippen LogP contribution < -0.4 is 4.74 Å². The summed E-state index contributed by atoms with van der Waals surface area (Å²) in [6.45, 7) is 1.98. The average Bonchev–Trinajstić information content (AvgIpc) is 2.32. The molecule has 5 heteroatoms. The van der Waals surface area contributed by atoms with E-state index >= 15 is 0 Å². The normalized spacial score (nSPS) is 16.8. The van der Waals surface area contributed by atoms with Crippen LogP contribution in [0.25, 0.3) is 0 Å². The number of ether oxygens (including phenoxy) is 1. The molecule has 0 aromatic heterocycles. The number of phenolic OH excluding ortho intramolecular Hbond substituents is 1.